The Bertz CT molecular complexity index is 1320. The molecule has 8 heteroatoms. The van der Waals surface area contributed by atoms with E-state index in [4.69, 9.17) is 9.47 Å². The van der Waals surface area contributed by atoms with Crippen molar-refractivity contribution in [3.63, 3.8) is 0 Å². The van der Waals surface area contributed by atoms with Crippen molar-refractivity contribution in [3.05, 3.63) is 119 Å². The second-order valence-corrected chi connectivity index (χ2v) is 9.23. The van der Waals surface area contributed by atoms with Crippen LogP contribution < -0.4 is 10.6 Å². The number of hydrogen-bond donors (Lipinski definition) is 2. The van der Waals surface area contributed by atoms with Gasteiger partial charge in [0.25, 0.3) is 0 Å². The van der Waals surface area contributed by atoms with Gasteiger partial charge in [-0.2, -0.15) is 0 Å². The number of ether oxygens (including phenoxy) is 2. The van der Waals surface area contributed by atoms with Crippen molar-refractivity contribution in [1.82, 2.24) is 15.5 Å². The van der Waals surface area contributed by atoms with Crippen LogP contribution in [-0.2, 0) is 19.1 Å². The topological polar surface area (TPSA) is 92.3 Å². The maximum absolute atomic E-state index is 13.4. The van der Waals surface area contributed by atoms with E-state index in [9.17, 15) is 9.59 Å². The largest absolute Gasteiger partial charge is 0.492 e. The molecule has 1 atom stereocenters. The van der Waals surface area contributed by atoms with E-state index in [1.54, 1.807) is 26.1 Å². The number of dihydropyridines is 1. The summed E-state index contributed by atoms with van der Waals surface area (Å²) in [4.78, 5) is 32.2. The van der Waals surface area contributed by atoms with Crippen LogP contribution in [0.25, 0.3) is 0 Å². The first-order chi connectivity index (χ1) is 20.0. The lowest BCUT2D eigenvalue weighted by atomic mass is 9.80. The van der Waals surface area contributed by atoms with Gasteiger partial charge in [-0.05, 0) is 63.5 Å². The van der Waals surface area contributed by atoms with E-state index >= 15 is 0 Å². The van der Waals surface area contributed by atoms with Crippen LogP contribution in [0.5, 0.6) is 0 Å². The number of rotatable bonds is 13. The number of carbonyl (C=O) groups is 2. The second kappa shape index (κ2) is 15.9. The first-order valence-corrected chi connectivity index (χ1v) is 13.8. The lowest BCUT2D eigenvalue weighted by molar-refractivity contribution is -0.138. The van der Waals surface area contributed by atoms with E-state index in [0.29, 0.717) is 47.3 Å². The molecule has 1 aliphatic carbocycles. The fraction of sp³-hybridized carbons (Fsp3) is 0.303. The molecule has 1 amide bonds. The highest BCUT2D eigenvalue weighted by molar-refractivity contribution is 6.05. The van der Waals surface area contributed by atoms with Crippen molar-refractivity contribution in [2.45, 2.75) is 39.5 Å². The van der Waals surface area contributed by atoms with Gasteiger partial charge in [0.2, 0.25) is 6.41 Å². The SMILES string of the molecule is C=C/C=C(\C=C/C)N(C=O)C1=C(C(=NC)NCCOC2=CCCC=C2)C(c2ccccc2)C(C(=O)OCC)=C(C)N1. The van der Waals surface area contributed by atoms with Gasteiger partial charge in [0.15, 0.2) is 0 Å². The minimum Gasteiger partial charge on any atom is -0.492 e. The van der Waals surface area contributed by atoms with Crippen LogP contribution in [0.15, 0.2) is 119 Å². The Morgan fingerprint density at radius 1 is 1.24 bits per heavy atom. The Balaban J connectivity index is 2.17. The van der Waals surface area contributed by atoms with Crippen LogP contribution in [0.4, 0.5) is 0 Å². The first kappa shape index (κ1) is 30.9. The molecule has 0 bridgehead atoms. The van der Waals surface area contributed by atoms with Crippen molar-refractivity contribution in [3.8, 4) is 0 Å². The van der Waals surface area contributed by atoms with E-state index in [1.165, 1.54) is 4.90 Å². The van der Waals surface area contributed by atoms with Gasteiger partial charge in [-0.1, -0.05) is 55.1 Å². The van der Waals surface area contributed by atoms with Crippen LogP contribution in [0, 0.1) is 0 Å². The summed E-state index contributed by atoms with van der Waals surface area (Å²) < 4.78 is 11.4. The average Bonchev–Trinajstić information content (AvgIpc) is 2.99. The summed E-state index contributed by atoms with van der Waals surface area (Å²) >= 11 is 0. The van der Waals surface area contributed by atoms with E-state index < -0.39 is 11.9 Å². The standard InChI is InChI=1S/C33H40N4O4/c1-6-15-26(16-7-2)37(23-38)32-30(31(34-5)35-21-22-41-27-19-13-10-14-20-27)29(25-17-11-9-12-18-25)28(24(4)36-32)33(39)40-8-3/h6-7,9,11-13,15-20,23,29,36H,1,8,10,14,21-22H2,2-5H3,(H,34,35)/b16-7-,26-15+. The Kier molecular flexibility index (Phi) is 12.0. The number of esters is 1. The van der Waals surface area contributed by atoms with Crippen LogP contribution in [0.2, 0.25) is 0 Å². The fourth-order valence-corrected chi connectivity index (χ4v) is 4.79. The number of aliphatic imine (C=N–C) groups is 1. The van der Waals surface area contributed by atoms with E-state index in [2.05, 4.69) is 34.4 Å². The lowest BCUT2D eigenvalue weighted by Crippen LogP contribution is -2.42. The van der Waals surface area contributed by atoms with Crippen molar-refractivity contribution >= 4 is 18.2 Å². The average molecular weight is 557 g/mol. The van der Waals surface area contributed by atoms with E-state index in [-0.39, 0.29) is 6.61 Å². The summed E-state index contributed by atoms with van der Waals surface area (Å²) in [5.41, 5.74) is 3.09. The number of benzene rings is 1. The van der Waals surface area contributed by atoms with Gasteiger partial charge >= 0.3 is 5.97 Å². The third-order valence-electron chi connectivity index (χ3n) is 6.52. The maximum Gasteiger partial charge on any atom is 0.336 e. The summed E-state index contributed by atoms with van der Waals surface area (Å²) in [5, 5.41) is 6.73. The Hall–Kier alpha value is -4.59. The molecule has 0 radical (unpaired) electrons. The molecule has 0 saturated carbocycles. The molecule has 41 heavy (non-hydrogen) atoms. The van der Waals surface area contributed by atoms with E-state index in [0.717, 1.165) is 30.6 Å². The minimum absolute atomic E-state index is 0.228. The molecule has 1 heterocycles. The highest BCUT2D eigenvalue weighted by Gasteiger charge is 2.39. The molecule has 1 unspecified atom stereocenters. The maximum atomic E-state index is 13.4. The molecule has 0 aromatic heterocycles. The smallest absolute Gasteiger partial charge is 0.336 e. The summed E-state index contributed by atoms with van der Waals surface area (Å²) in [6, 6.07) is 9.67. The summed E-state index contributed by atoms with van der Waals surface area (Å²) in [6.45, 7) is 10.3. The van der Waals surface area contributed by atoms with E-state index in [1.807, 2.05) is 62.4 Å². The second-order valence-electron chi connectivity index (χ2n) is 9.23. The first-order valence-electron chi connectivity index (χ1n) is 13.8. The molecule has 0 saturated heterocycles. The zero-order valence-electron chi connectivity index (χ0n) is 24.4. The van der Waals surface area contributed by atoms with Gasteiger partial charge in [0.1, 0.15) is 24.0 Å². The Labute approximate surface area is 243 Å². The number of nitrogens with zero attached hydrogens (tertiary/aromatic N) is 2. The van der Waals surface area contributed by atoms with Crippen molar-refractivity contribution in [2.24, 2.45) is 4.99 Å². The van der Waals surface area contributed by atoms with Crippen LogP contribution in [0.1, 0.15) is 45.1 Å². The van der Waals surface area contributed by atoms with Crippen LogP contribution >= 0.6 is 0 Å². The number of amides is 1. The molecule has 216 valence electrons. The summed E-state index contributed by atoms with van der Waals surface area (Å²) in [5.74, 6) is 0.803. The number of nitrogens with one attached hydrogen (secondary N) is 2. The molecule has 2 aliphatic rings. The van der Waals surface area contributed by atoms with Crippen LogP contribution in [0.3, 0.4) is 0 Å². The molecular weight excluding hydrogens is 516 g/mol. The predicted octanol–water partition coefficient (Wildman–Crippen LogP) is 5.39. The van der Waals surface area contributed by atoms with Gasteiger partial charge in [-0.3, -0.25) is 14.7 Å². The predicted molar refractivity (Wildman–Crippen MR) is 163 cm³/mol. The number of allylic oxidation sites excluding steroid dienone is 8. The van der Waals surface area contributed by atoms with Crippen molar-refractivity contribution < 1.29 is 19.1 Å². The fourth-order valence-electron chi connectivity index (χ4n) is 4.79. The summed E-state index contributed by atoms with van der Waals surface area (Å²) in [6.07, 6.45) is 15.9. The Morgan fingerprint density at radius 3 is 2.63 bits per heavy atom. The molecule has 2 N–H and O–H groups in total. The van der Waals surface area contributed by atoms with Gasteiger partial charge < -0.3 is 20.1 Å². The molecule has 1 aliphatic heterocycles. The third kappa shape index (κ3) is 7.75. The van der Waals surface area contributed by atoms with Gasteiger partial charge in [-0.15, -0.1) is 0 Å². The minimum atomic E-state index is -0.583. The molecular formula is C33H40N4O4. The monoisotopic (exact) mass is 556 g/mol. The highest BCUT2D eigenvalue weighted by Crippen LogP contribution is 2.40. The molecule has 3 rings (SSSR count). The Morgan fingerprint density at radius 2 is 2.02 bits per heavy atom. The normalized spacial score (nSPS) is 17.7. The van der Waals surface area contributed by atoms with Crippen LogP contribution in [-0.4, -0.2) is 49.9 Å². The molecule has 1 aromatic rings. The quantitative estimate of drug-likeness (QED) is 0.0845. The number of hydrogen-bond acceptors (Lipinski definition) is 6. The number of carbonyl (C=O) groups excluding carboxylic acids is 2. The van der Waals surface area contributed by atoms with Crippen molar-refractivity contribution in [2.75, 3.05) is 26.8 Å². The third-order valence-corrected chi connectivity index (χ3v) is 6.52. The summed E-state index contributed by atoms with van der Waals surface area (Å²) in [7, 11) is 1.68. The zero-order chi connectivity index (χ0) is 29.6. The zero-order valence-corrected chi connectivity index (χ0v) is 24.4. The molecule has 0 spiro atoms. The van der Waals surface area contributed by atoms with Gasteiger partial charge in [-0.25, -0.2) is 4.79 Å². The van der Waals surface area contributed by atoms with Gasteiger partial charge in [0, 0.05) is 24.0 Å². The highest BCUT2D eigenvalue weighted by atomic mass is 16.5. The molecule has 1 aromatic carbocycles. The van der Waals surface area contributed by atoms with Crippen molar-refractivity contribution in [1.29, 1.82) is 0 Å². The lowest BCUT2D eigenvalue weighted by Gasteiger charge is -2.36. The molecule has 0 fully saturated rings. The van der Waals surface area contributed by atoms with Gasteiger partial charge in [0.05, 0.1) is 24.6 Å². The molecule has 8 nitrogen and oxygen atoms in total. The number of amidine groups is 1.